The predicted octanol–water partition coefficient (Wildman–Crippen LogP) is 2.99. The number of anilines is 2. The Labute approximate surface area is 151 Å². The number of thioether (sulfide) groups is 1. The van der Waals surface area contributed by atoms with Gasteiger partial charge in [0.2, 0.25) is 5.91 Å². The average molecular weight is 355 g/mol. The molecule has 3 rings (SSSR count). The molecule has 6 heteroatoms. The van der Waals surface area contributed by atoms with Crippen molar-refractivity contribution in [2.75, 3.05) is 35.6 Å². The molecule has 1 aliphatic heterocycles. The largest absolute Gasteiger partial charge is 0.360 e. The lowest BCUT2D eigenvalue weighted by atomic mass is 10.2. The minimum absolute atomic E-state index is 0.0882. The van der Waals surface area contributed by atoms with Gasteiger partial charge >= 0.3 is 0 Å². The molecule has 0 spiro atoms. The summed E-state index contributed by atoms with van der Waals surface area (Å²) in [5.74, 6) is 0.743. The van der Waals surface area contributed by atoms with Crippen LogP contribution in [0.1, 0.15) is 17.3 Å². The SMILES string of the molecule is CCNC(=O)c1cccc(NC(=O)CN2CCSc3ccccc32)c1. The van der Waals surface area contributed by atoms with E-state index >= 15 is 0 Å². The van der Waals surface area contributed by atoms with Crippen LogP contribution in [0.2, 0.25) is 0 Å². The van der Waals surface area contributed by atoms with Crippen LogP contribution in [0.4, 0.5) is 11.4 Å². The second kappa shape index (κ2) is 8.07. The number of carbonyl (C=O) groups excluding carboxylic acids is 2. The number of amides is 2. The van der Waals surface area contributed by atoms with Crippen LogP contribution in [0.25, 0.3) is 0 Å². The van der Waals surface area contributed by atoms with Gasteiger partial charge in [-0.25, -0.2) is 0 Å². The summed E-state index contributed by atoms with van der Waals surface area (Å²) >= 11 is 1.82. The molecule has 2 N–H and O–H groups in total. The molecular formula is C19H21N3O2S. The molecule has 2 aromatic rings. The van der Waals surface area contributed by atoms with Gasteiger partial charge in [0, 0.05) is 35.0 Å². The average Bonchev–Trinajstić information content (AvgIpc) is 2.62. The standard InChI is InChI=1S/C19H21N3O2S/c1-2-20-19(24)14-6-5-7-15(12-14)21-18(23)13-22-10-11-25-17-9-4-3-8-16(17)22/h3-9,12H,2,10-11,13H2,1H3,(H,20,24)(H,21,23). The first kappa shape index (κ1) is 17.4. The van der Waals surface area contributed by atoms with E-state index in [4.69, 9.17) is 0 Å². The highest BCUT2D eigenvalue weighted by Gasteiger charge is 2.19. The number of rotatable bonds is 5. The van der Waals surface area contributed by atoms with Crippen LogP contribution in [0, 0.1) is 0 Å². The Morgan fingerprint density at radius 1 is 1.16 bits per heavy atom. The molecule has 2 amide bonds. The Morgan fingerprint density at radius 3 is 2.84 bits per heavy atom. The highest BCUT2D eigenvalue weighted by Crippen LogP contribution is 2.34. The van der Waals surface area contributed by atoms with Crippen LogP contribution in [0.15, 0.2) is 53.4 Å². The first-order valence-corrected chi connectivity index (χ1v) is 9.31. The van der Waals surface area contributed by atoms with Crippen molar-refractivity contribution in [2.45, 2.75) is 11.8 Å². The third kappa shape index (κ3) is 4.33. The van der Waals surface area contributed by atoms with E-state index in [2.05, 4.69) is 21.6 Å². The molecule has 0 bridgehead atoms. The van der Waals surface area contributed by atoms with Gasteiger partial charge in [-0.15, -0.1) is 11.8 Å². The number of nitrogens with one attached hydrogen (secondary N) is 2. The minimum atomic E-state index is -0.138. The van der Waals surface area contributed by atoms with Crippen LogP contribution in [0.3, 0.4) is 0 Å². The molecule has 5 nitrogen and oxygen atoms in total. The Bertz CT molecular complexity index is 779. The minimum Gasteiger partial charge on any atom is -0.360 e. The van der Waals surface area contributed by atoms with Crippen molar-refractivity contribution in [1.82, 2.24) is 5.32 Å². The zero-order chi connectivity index (χ0) is 17.6. The van der Waals surface area contributed by atoms with Crippen molar-refractivity contribution in [3.05, 3.63) is 54.1 Å². The van der Waals surface area contributed by atoms with Crippen LogP contribution < -0.4 is 15.5 Å². The molecule has 1 aliphatic rings. The Morgan fingerprint density at radius 2 is 2.00 bits per heavy atom. The molecule has 0 unspecified atom stereocenters. The smallest absolute Gasteiger partial charge is 0.251 e. The summed E-state index contributed by atoms with van der Waals surface area (Å²) in [6.07, 6.45) is 0. The summed E-state index contributed by atoms with van der Waals surface area (Å²) in [4.78, 5) is 27.6. The van der Waals surface area contributed by atoms with Crippen molar-refractivity contribution >= 4 is 35.0 Å². The number of fused-ring (bicyclic) bond motifs is 1. The van der Waals surface area contributed by atoms with E-state index in [1.165, 1.54) is 4.90 Å². The van der Waals surface area contributed by atoms with Gasteiger partial charge in [-0.2, -0.15) is 0 Å². The summed E-state index contributed by atoms with van der Waals surface area (Å²) in [6, 6.07) is 15.1. The molecule has 0 saturated heterocycles. The molecule has 25 heavy (non-hydrogen) atoms. The van der Waals surface area contributed by atoms with Crippen LogP contribution in [-0.4, -0.2) is 37.2 Å². The van der Waals surface area contributed by atoms with Gasteiger partial charge in [0.1, 0.15) is 0 Å². The van der Waals surface area contributed by atoms with Gasteiger partial charge in [0.25, 0.3) is 5.91 Å². The Kier molecular flexibility index (Phi) is 5.60. The van der Waals surface area contributed by atoms with Crippen LogP contribution in [0.5, 0.6) is 0 Å². The first-order chi connectivity index (χ1) is 12.2. The first-order valence-electron chi connectivity index (χ1n) is 8.32. The maximum Gasteiger partial charge on any atom is 0.251 e. The third-order valence-electron chi connectivity index (χ3n) is 3.91. The quantitative estimate of drug-likeness (QED) is 0.866. The molecular weight excluding hydrogens is 334 g/mol. The summed E-state index contributed by atoms with van der Waals surface area (Å²) in [6.45, 7) is 3.58. The summed E-state index contributed by atoms with van der Waals surface area (Å²) < 4.78 is 0. The van der Waals surface area contributed by atoms with Crippen LogP contribution >= 0.6 is 11.8 Å². The summed E-state index contributed by atoms with van der Waals surface area (Å²) in [7, 11) is 0. The van der Waals surface area contributed by atoms with Gasteiger partial charge in [-0.3, -0.25) is 9.59 Å². The highest BCUT2D eigenvalue weighted by atomic mass is 32.2. The van der Waals surface area contributed by atoms with Crippen molar-refractivity contribution < 1.29 is 9.59 Å². The zero-order valence-electron chi connectivity index (χ0n) is 14.1. The zero-order valence-corrected chi connectivity index (χ0v) is 14.9. The lowest BCUT2D eigenvalue weighted by Gasteiger charge is -2.30. The molecule has 0 fully saturated rings. The van der Waals surface area contributed by atoms with E-state index in [1.54, 1.807) is 24.3 Å². The number of hydrogen-bond acceptors (Lipinski definition) is 4. The van der Waals surface area contributed by atoms with E-state index in [9.17, 15) is 9.59 Å². The van der Waals surface area contributed by atoms with Gasteiger partial charge in [-0.1, -0.05) is 18.2 Å². The topological polar surface area (TPSA) is 61.4 Å². The fourth-order valence-corrected chi connectivity index (χ4v) is 3.82. The molecule has 0 aliphatic carbocycles. The fourth-order valence-electron chi connectivity index (χ4n) is 2.77. The van der Waals surface area contributed by atoms with Crippen molar-refractivity contribution in [3.8, 4) is 0 Å². The van der Waals surface area contributed by atoms with Crippen molar-refractivity contribution in [2.24, 2.45) is 0 Å². The van der Waals surface area contributed by atoms with Gasteiger partial charge in [0.15, 0.2) is 0 Å². The predicted molar refractivity (Wildman–Crippen MR) is 102 cm³/mol. The van der Waals surface area contributed by atoms with E-state index in [0.717, 1.165) is 18.0 Å². The van der Waals surface area contributed by atoms with Gasteiger partial charge in [0.05, 0.1) is 12.2 Å². The van der Waals surface area contributed by atoms with E-state index < -0.39 is 0 Å². The number of carbonyl (C=O) groups is 2. The Hall–Kier alpha value is -2.47. The molecule has 0 aromatic heterocycles. The molecule has 130 valence electrons. The molecule has 0 atom stereocenters. The number of hydrogen-bond donors (Lipinski definition) is 2. The van der Waals surface area contributed by atoms with Crippen molar-refractivity contribution in [3.63, 3.8) is 0 Å². The van der Waals surface area contributed by atoms with Gasteiger partial charge in [-0.05, 0) is 37.3 Å². The maximum atomic E-state index is 12.4. The molecule has 0 radical (unpaired) electrons. The number of benzene rings is 2. The second-order valence-electron chi connectivity index (χ2n) is 5.73. The summed E-state index contributed by atoms with van der Waals surface area (Å²) in [5.41, 5.74) is 2.28. The number of para-hydroxylation sites is 1. The van der Waals surface area contributed by atoms with Crippen LogP contribution in [-0.2, 0) is 4.79 Å². The van der Waals surface area contributed by atoms with Crippen molar-refractivity contribution in [1.29, 1.82) is 0 Å². The Balaban J connectivity index is 1.66. The maximum absolute atomic E-state index is 12.4. The highest BCUT2D eigenvalue weighted by molar-refractivity contribution is 7.99. The van der Waals surface area contributed by atoms with Gasteiger partial charge < -0.3 is 15.5 Å². The third-order valence-corrected chi connectivity index (χ3v) is 4.95. The monoisotopic (exact) mass is 355 g/mol. The normalized spacial score (nSPS) is 13.1. The molecule has 2 aromatic carbocycles. The lowest BCUT2D eigenvalue weighted by Crippen LogP contribution is -2.36. The van der Waals surface area contributed by atoms with E-state index in [1.807, 2.05) is 36.9 Å². The molecule has 0 saturated carbocycles. The second-order valence-corrected chi connectivity index (χ2v) is 6.86. The molecule has 1 heterocycles. The summed E-state index contributed by atoms with van der Waals surface area (Å²) in [5, 5.41) is 5.65. The fraction of sp³-hybridized carbons (Fsp3) is 0.263. The lowest BCUT2D eigenvalue weighted by molar-refractivity contribution is -0.115. The van der Waals surface area contributed by atoms with E-state index in [0.29, 0.717) is 24.3 Å². The van der Waals surface area contributed by atoms with E-state index in [-0.39, 0.29) is 11.8 Å². The number of nitrogens with zero attached hydrogens (tertiary/aromatic N) is 1.